The quantitative estimate of drug-likeness (QED) is 0.810. The summed E-state index contributed by atoms with van der Waals surface area (Å²) in [5.74, 6) is -1.96. The molecule has 1 aromatic rings. The SMILES string of the molecule is CC1CCCC(NC(=O)c2cc(F)c(F)cc2N)C1. The van der Waals surface area contributed by atoms with Crippen molar-refractivity contribution in [3.8, 4) is 0 Å². The van der Waals surface area contributed by atoms with E-state index in [9.17, 15) is 13.6 Å². The maximum atomic E-state index is 13.1. The second-order valence-electron chi connectivity index (χ2n) is 5.30. The summed E-state index contributed by atoms with van der Waals surface area (Å²) in [4.78, 5) is 12.0. The lowest BCUT2D eigenvalue weighted by molar-refractivity contribution is 0.0922. The van der Waals surface area contributed by atoms with E-state index in [1.807, 2.05) is 0 Å². The summed E-state index contributed by atoms with van der Waals surface area (Å²) in [5, 5.41) is 2.85. The Morgan fingerprint density at radius 3 is 2.68 bits per heavy atom. The first-order valence-corrected chi connectivity index (χ1v) is 6.52. The molecule has 1 aliphatic rings. The Hall–Kier alpha value is -1.65. The molecule has 5 heteroatoms. The molecule has 2 rings (SSSR count). The fourth-order valence-corrected chi connectivity index (χ4v) is 2.59. The molecule has 0 heterocycles. The molecule has 0 saturated heterocycles. The van der Waals surface area contributed by atoms with Crippen molar-refractivity contribution >= 4 is 11.6 Å². The van der Waals surface area contributed by atoms with Crippen molar-refractivity contribution in [2.24, 2.45) is 5.92 Å². The number of rotatable bonds is 2. The average molecular weight is 268 g/mol. The fourth-order valence-electron chi connectivity index (χ4n) is 2.59. The number of anilines is 1. The number of nitrogens with one attached hydrogen (secondary N) is 1. The zero-order valence-corrected chi connectivity index (χ0v) is 10.9. The fraction of sp³-hybridized carbons (Fsp3) is 0.500. The summed E-state index contributed by atoms with van der Waals surface area (Å²) in [5.41, 5.74) is 5.51. The number of hydrogen-bond donors (Lipinski definition) is 2. The van der Waals surface area contributed by atoms with Crippen LogP contribution in [0.5, 0.6) is 0 Å². The zero-order chi connectivity index (χ0) is 14.0. The Morgan fingerprint density at radius 1 is 1.32 bits per heavy atom. The first-order valence-electron chi connectivity index (χ1n) is 6.52. The minimum absolute atomic E-state index is 0.00266. The maximum Gasteiger partial charge on any atom is 0.253 e. The van der Waals surface area contributed by atoms with Gasteiger partial charge in [0.05, 0.1) is 5.56 Å². The second-order valence-corrected chi connectivity index (χ2v) is 5.30. The van der Waals surface area contributed by atoms with Crippen molar-refractivity contribution in [3.63, 3.8) is 0 Å². The Balaban J connectivity index is 2.09. The number of carbonyl (C=O) groups is 1. The molecule has 1 amide bonds. The molecule has 3 N–H and O–H groups in total. The van der Waals surface area contributed by atoms with Gasteiger partial charge in [0.1, 0.15) is 0 Å². The van der Waals surface area contributed by atoms with Crippen molar-refractivity contribution in [2.75, 3.05) is 5.73 Å². The van der Waals surface area contributed by atoms with Crippen LogP contribution in [0.15, 0.2) is 12.1 Å². The Bertz CT molecular complexity index is 491. The topological polar surface area (TPSA) is 55.1 Å². The number of nitrogen functional groups attached to an aromatic ring is 1. The van der Waals surface area contributed by atoms with Gasteiger partial charge < -0.3 is 11.1 Å². The van der Waals surface area contributed by atoms with Crippen LogP contribution in [-0.2, 0) is 0 Å². The van der Waals surface area contributed by atoms with Gasteiger partial charge in [-0.05, 0) is 24.8 Å². The van der Waals surface area contributed by atoms with Gasteiger partial charge in [0, 0.05) is 17.8 Å². The van der Waals surface area contributed by atoms with Crippen molar-refractivity contribution in [1.29, 1.82) is 0 Å². The molecule has 0 aromatic heterocycles. The smallest absolute Gasteiger partial charge is 0.253 e. The summed E-state index contributed by atoms with van der Waals surface area (Å²) in [6.45, 7) is 2.14. The molecule has 1 fully saturated rings. The number of nitrogens with two attached hydrogens (primary N) is 1. The first kappa shape index (κ1) is 13.8. The van der Waals surface area contributed by atoms with Crippen molar-refractivity contribution in [3.05, 3.63) is 29.3 Å². The second kappa shape index (κ2) is 5.55. The van der Waals surface area contributed by atoms with E-state index < -0.39 is 17.5 Å². The third kappa shape index (κ3) is 3.22. The number of carbonyl (C=O) groups excluding carboxylic acids is 1. The highest BCUT2D eigenvalue weighted by atomic mass is 19.2. The van der Waals surface area contributed by atoms with Gasteiger partial charge in [0.25, 0.3) is 5.91 Å². The number of halogens is 2. The van der Waals surface area contributed by atoms with Gasteiger partial charge in [-0.1, -0.05) is 19.8 Å². The van der Waals surface area contributed by atoms with Gasteiger partial charge in [-0.3, -0.25) is 4.79 Å². The minimum atomic E-state index is -1.06. The van der Waals surface area contributed by atoms with E-state index in [-0.39, 0.29) is 17.3 Å². The van der Waals surface area contributed by atoms with Crippen LogP contribution in [0.2, 0.25) is 0 Å². The molecule has 1 saturated carbocycles. The normalized spacial score (nSPS) is 23.1. The standard InChI is InChI=1S/C14H18F2N2O/c1-8-3-2-4-9(5-8)18-14(19)10-6-11(15)12(16)7-13(10)17/h6-9H,2-5,17H2,1H3,(H,18,19). The van der Waals surface area contributed by atoms with Gasteiger partial charge in [-0.15, -0.1) is 0 Å². The summed E-state index contributed by atoms with van der Waals surface area (Å²) < 4.78 is 26.1. The summed E-state index contributed by atoms with van der Waals surface area (Å²) in [6, 6.07) is 1.78. The van der Waals surface area contributed by atoms with E-state index >= 15 is 0 Å². The van der Waals surface area contributed by atoms with Crippen molar-refractivity contribution < 1.29 is 13.6 Å². The molecule has 19 heavy (non-hydrogen) atoms. The molecule has 0 aliphatic heterocycles. The van der Waals surface area contributed by atoms with E-state index in [1.54, 1.807) is 0 Å². The van der Waals surface area contributed by atoms with Crippen LogP contribution in [0.4, 0.5) is 14.5 Å². The molecule has 1 aromatic carbocycles. The molecular weight excluding hydrogens is 250 g/mol. The van der Waals surface area contributed by atoms with Crippen LogP contribution in [0.25, 0.3) is 0 Å². The highest BCUT2D eigenvalue weighted by Crippen LogP contribution is 2.24. The lowest BCUT2D eigenvalue weighted by Crippen LogP contribution is -2.38. The van der Waals surface area contributed by atoms with E-state index in [0.717, 1.165) is 31.4 Å². The third-order valence-corrected chi connectivity index (χ3v) is 3.61. The predicted octanol–water partition coefficient (Wildman–Crippen LogP) is 2.86. The third-order valence-electron chi connectivity index (χ3n) is 3.61. The molecule has 1 aliphatic carbocycles. The number of hydrogen-bond acceptors (Lipinski definition) is 2. The highest BCUT2D eigenvalue weighted by Gasteiger charge is 2.22. The van der Waals surface area contributed by atoms with E-state index in [0.29, 0.717) is 5.92 Å². The lowest BCUT2D eigenvalue weighted by Gasteiger charge is -2.27. The van der Waals surface area contributed by atoms with Gasteiger partial charge in [0.15, 0.2) is 11.6 Å². The van der Waals surface area contributed by atoms with Crippen LogP contribution in [0.1, 0.15) is 43.0 Å². The van der Waals surface area contributed by atoms with Gasteiger partial charge in [0.2, 0.25) is 0 Å². The lowest BCUT2D eigenvalue weighted by atomic mass is 9.87. The van der Waals surface area contributed by atoms with Gasteiger partial charge in [-0.2, -0.15) is 0 Å². The average Bonchev–Trinajstić information content (AvgIpc) is 2.33. The molecule has 2 atom stereocenters. The molecule has 3 nitrogen and oxygen atoms in total. The molecule has 0 bridgehead atoms. The molecule has 2 unspecified atom stereocenters. The Morgan fingerprint density at radius 2 is 2.00 bits per heavy atom. The monoisotopic (exact) mass is 268 g/mol. The summed E-state index contributed by atoms with van der Waals surface area (Å²) >= 11 is 0. The summed E-state index contributed by atoms with van der Waals surface area (Å²) in [7, 11) is 0. The molecule has 104 valence electrons. The molecule has 0 radical (unpaired) electrons. The Kier molecular flexibility index (Phi) is 4.02. The van der Waals surface area contributed by atoms with E-state index in [4.69, 9.17) is 5.73 Å². The zero-order valence-electron chi connectivity index (χ0n) is 10.9. The van der Waals surface area contributed by atoms with Crippen LogP contribution in [-0.4, -0.2) is 11.9 Å². The highest BCUT2D eigenvalue weighted by molar-refractivity contribution is 5.99. The van der Waals surface area contributed by atoms with E-state index in [2.05, 4.69) is 12.2 Å². The van der Waals surface area contributed by atoms with Gasteiger partial charge in [-0.25, -0.2) is 8.78 Å². The van der Waals surface area contributed by atoms with Crippen LogP contribution < -0.4 is 11.1 Å². The molecule has 0 spiro atoms. The minimum Gasteiger partial charge on any atom is -0.398 e. The predicted molar refractivity (Wildman–Crippen MR) is 69.7 cm³/mol. The number of benzene rings is 1. The van der Waals surface area contributed by atoms with Crippen LogP contribution in [0.3, 0.4) is 0 Å². The van der Waals surface area contributed by atoms with Crippen molar-refractivity contribution in [2.45, 2.75) is 38.6 Å². The Labute approximate surface area is 111 Å². The van der Waals surface area contributed by atoms with Gasteiger partial charge >= 0.3 is 0 Å². The first-order chi connectivity index (χ1) is 8.97. The largest absolute Gasteiger partial charge is 0.398 e. The van der Waals surface area contributed by atoms with Crippen molar-refractivity contribution in [1.82, 2.24) is 5.32 Å². The number of amides is 1. The van der Waals surface area contributed by atoms with E-state index in [1.165, 1.54) is 6.42 Å². The maximum absolute atomic E-state index is 13.1. The molecular formula is C14H18F2N2O. The van der Waals surface area contributed by atoms with Crippen LogP contribution in [0, 0.1) is 17.6 Å². The van der Waals surface area contributed by atoms with Crippen LogP contribution >= 0.6 is 0 Å². The summed E-state index contributed by atoms with van der Waals surface area (Å²) in [6.07, 6.45) is 4.06.